The number of carbonyl (C=O) groups excluding carboxylic acids is 1. The Kier molecular flexibility index (Phi) is 6.43. The van der Waals surface area contributed by atoms with E-state index in [2.05, 4.69) is 42.8 Å². The average Bonchev–Trinajstić information content (AvgIpc) is 2.68. The Balaban J connectivity index is 1.67. The minimum Gasteiger partial charge on any atom is -0.481 e. The summed E-state index contributed by atoms with van der Waals surface area (Å²) in [5.74, 6) is 0.746. The van der Waals surface area contributed by atoms with Crippen LogP contribution in [0.2, 0.25) is 0 Å². The highest BCUT2D eigenvalue weighted by atomic mass is 79.9. The van der Waals surface area contributed by atoms with E-state index in [9.17, 15) is 4.79 Å². The van der Waals surface area contributed by atoms with Crippen molar-refractivity contribution in [3.8, 4) is 22.6 Å². The minimum absolute atomic E-state index is 0.126. The molecule has 29 heavy (non-hydrogen) atoms. The van der Waals surface area contributed by atoms with Gasteiger partial charge in [0.1, 0.15) is 11.5 Å². The maximum absolute atomic E-state index is 12.4. The highest BCUT2D eigenvalue weighted by Crippen LogP contribution is 2.33. The third-order valence-corrected chi connectivity index (χ3v) is 5.17. The first kappa shape index (κ1) is 21.1. The SMILES string of the molecule is Cc1ccc(OC(=O)COc2ccc(-c3ccccc3)cc2Br)c(C(C)(C)C)c1. The predicted molar refractivity (Wildman–Crippen MR) is 121 cm³/mol. The number of carbonyl (C=O) groups is 1. The molecule has 3 nitrogen and oxygen atoms in total. The standard InChI is InChI=1S/C25H25BrO3/c1-17-10-12-22(20(14-17)25(2,3)4)29-24(27)16-28-23-13-11-19(15-21(23)26)18-8-6-5-7-9-18/h5-15H,16H2,1-4H3. The molecule has 0 atom stereocenters. The van der Waals surface area contributed by atoms with Crippen LogP contribution in [0.5, 0.6) is 11.5 Å². The molecule has 0 aromatic heterocycles. The van der Waals surface area contributed by atoms with E-state index in [0.717, 1.165) is 26.7 Å². The number of ether oxygens (including phenoxy) is 2. The Morgan fingerprint density at radius 2 is 1.59 bits per heavy atom. The fourth-order valence-corrected chi connectivity index (χ4v) is 3.53. The first-order valence-electron chi connectivity index (χ1n) is 9.53. The molecule has 0 aliphatic rings. The van der Waals surface area contributed by atoms with Gasteiger partial charge in [0, 0.05) is 5.56 Å². The van der Waals surface area contributed by atoms with E-state index < -0.39 is 5.97 Å². The predicted octanol–water partition coefficient (Wildman–Crippen LogP) is 6.71. The van der Waals surface area contributed by atoms with Crippen LogP contribution in [0.4, 0.5) is 0 Å². The van der Waals surface area contributed by atoms with Gasteiger partial charge in [-0.1, -0.05) is 74.9 Å². The molecule has 150 valence electrons. The topological polar surface area (TPSA) is 35.5 Å². The molecule has 0 heterocycles. The van der Waals surface area contributed by atoms with Crippen LogP contribution in [0, 0.1) is 6.92 Å². The number of rotatable bonds is 5. The summed E-state index contributed by atoms with van der Waals surface area (Å²) in [4.78, 5) is 12.4. The fourth-order valence-electron chi connectivity index (χ4n) is 3.04. The van der Waals surface area contributed by atoms with Crippen molar-refractivity contribution in [1.82, 2.24) is 0 Å². The maximum Gasteiger partial charge on any atom is 0.349 e. The van der Waals surface area contributed by atoms with Crippen molar-refractivity contribution in [2.24, 2.45) is 0 Å². The third kappa shape index (κ3) is 5.48. The van der Waals surface area contributed by atoms with Crippen LogP contribution >= 0.6 is 15.9 Å². The molecule has 0 radical (unpaired) electrons. The van der Waals surface area contributed by atoms with E-state index in [4.69, 9.17) is 9.47 Å². The van der Waals surface area contributed by atoms with Gasteiger partial charge in [0.25, 0.3) is 0 Å². The monoisotopic (exact) mass is 452 g/mol. The first-order chi connectivity index (χ1) is 13.7. The molecule has 0 N–H and O–H groups in total. The zero-order chi connectivity index (χ0) is 21.0. The largest absolute Gasteiger partial charge is 0.481 e. The van der Waals surface area contributed by atoms with Gasteiger partial charge in [-0.05, 0) is 57.6 Å². The van der Waals surface area contributed by atoms with Gasteiger partial charge in [-0.15, -0.1) is 0 Å². The Morgan fingerprint density at radius 1 is 0.897 bits per heavy atom. The number of hydrogen-bond acceptors (Lipinski definition) is 3. The van der Waals surface area contributed by atoms with E-state index in [0.29, 0.717) is 11.5 Å². The lowest BCUT2D eigenvalue weighted by molar-refractivity contribution is -0.136. The molecule has 0 aliphatic carbocycles. The minimum atomic E-state index is -0.432. The van der Waals surface area contributed by atoms with Crippen molar-refractivity contribution in [3.63, 3.8) is 0 Å². The Hall–Kier alpha value is -2.59. The van der Waals surface area contributed by atoms with E-state index in [1.54, 1.807) is 0 Å². The van der Waals surface area contributed by atoms with Gasteiger partial charge in [-0.25, -0.2) is 4.79 Å². The van der Waals surface area contributed by atoms with Crippen molar-refractivity contribution in [3.05, 3.63) is 82.3 Å². The molecule has 0 spiro atoms. The summed E-state index contributed by atoms with van der Waals surface area (Å²) >= 11 is 3.53. The third-order valence-electron chi connectivity index (χ3n) is 4.55. The highest BCUT2D eigenvalue weighted by molar-refractivity contribution is 9.10. The first-order valence-corrected chi connectivity index (χ1v) is 10.3. The van der Waals surface area contributed by atoms with Crippen molar-refractivity contribution < 1.29 is 14.3 Å². The summed E-state index contributed by atoms with van der Waals surface area (Å²) in [6.07, 6.45) is 0. The van der Waals surface area contributed by atoms with Gasteiger partial charge < -0.3 is 9.47 Å². The molecular formula is C25H25BrO3. The molecule has 0 unspecified atom stereocenters. The van der Waals surface area contributed by atoms with E-state index in [1.807, 2.05) is 67.6 Å². The smallest absolute Gasteiger partial charge is 0.349 e. The van der Waals surface area contributed by atoms with Crippen molar-refractivity contribution in [2.75, 3.05) is 6.61 Å². The van der Waals surface area contributed by atoms with Gasteiger partial charge in [-0.2, -0.15) is 0 Å². The molecular weight excluding hydrogens is 428 g/mol. The second-order valence-electron chi connectivity index (χ2n) is 8.02. The number of aryl methyl sites for hydroxylation is 1. The lowest BCUT2D eigenvalue weighted by Crippen LogP contribution is -2.21. The normalized spacial score (nSPS) is 11.2. The second-order valence-corrected chi connectivity index (χ2v) is 8.88. The van der Waals surface area contributed by atoms with Crippen LogP contribution < -0.4 is 9.47 Å². The van der Waals surface area contributed by atoms with Gasteiger partial charge >= 0.3 is 5.97 Å². The Labute approximate surface area is 180 Å². The molecule has 0 fully saturated rings. The van der Waals surface area contributed by atoms with Crippen molar-refractivity contribution in [1.29, 1.82) is 0 Å². The van der Waals surface area contributed by atoms with Crippen LogP contribution in [0.3, 0.4) is 0 Å². The summed E-state index contributed by atoms with van der Waals surface area (Å²) in [5.41, 5.74) is 4.20. The summed E-state index contributed by atoms with van der Waals surface area (Å²) in [6.45, 7) is 8.16. The molecule has 3 aromatic carbocycles. The molecule has 0 aliphatic heterocycles. The van der Waals surface area contributed by atoms with Crippen molar-refractivity contribution >= 4 is 21.9 Å². The van der Waals surface area contributed by atoms with Crippen LogP contribution in [-0.2, 0) is 10.2 Å². The van der Waals surface area contributed by atoms with Gasteiger partial charge in [0.05, 0.1) is 4.47 Å². The van der Waals surface area contributed by atoms with Crippen LogP contribution in [0.15, 0.2) is 71.2 Å². The van der Waals surface area contributed by atoms with Crippen LogP contribution in [-0.4, -0.2) is 12.6 Å². The van der Waals surface area contributed by atoms with Gasteiger partial charge in [0.2, 0.25) is 0 Å². The number of halogens is 1. The second kappa shape index (κ2) is 8.83. The summed E-state index contributed by atoms with van der Waals surface area (Å²) in [6, 6.07) is 21.7. The Bertz CT molecular complexity index is 1000. The summed E-state index contributed by atoms with van der Waals surface area (Å²) < 4.78 is 12.1. The Morgan fingerprint density at radius 3 is 2.24 bits per heavy atom. The molecule has 0 saturated carbocycles. The quantitative estimate of drug-likeness (QED) is 0.318. The van der Waals surface area contributed by atoms with E-state index >= 15 is 0 Å². The molecule has 0 amide bonds. The summed E-state index contributed by atoms with van der Waals surface area (Å²) in [7, 11) is 0. The highest BCUT2D eigenvalue weighted by Gasteiger charge is 2.21. The van der Waals surface area contributed by atoms with E-state index in [1.165, 1.54) is 0 Å². The molecule has 0 saturated heterocycles. The maximum atomic E-state index is 12.4. The molecule has 0 bridgehead atoms. The number of benzene rings is 3. The lowest BCUT2D eigenvalue weighted by Gasteiger charge is -2.22. The number of esters is 1. The van der Waals surface area contributed by atoms with Crippen LogP contribution in [0.1, 0.15) is 31.9 Å². The zero-order valence-electron chi connectivity index (χ0n) is 17.2. The zero-order valence-corrected chi connectivity index (χ0v) is 18.7. The van der Waals surface area contributed by atoms with Gasteiger partial charge in [-0.3, -0.25) is 0 Å². The van der Waals surface area contributed by atoms with Crippen molar-refractivity contribution in [2.45, 2.75) is 33.1 Å². The number of hydrogen-bond donors (Lipinski definition) is 0. The van der Waals surface area contributed by atoms with E-state index in [-0.39, 0.29) is 12.0 Å². The fraction of sp³-hybridized carbons (Fsp3) is 0.240. The van der Waals surface area contributed by atoms with Crippen LogP contribution in [0.25, 0.3) is 11.1 Å². The molecule has 3 rings (SSSR count). The van der Waals surface area contributed by atoms with Gasteiger partial charge in [0.15, 0.2) is 6.61 Å². The lowest BCUT2D eigenvalue weighted by atomic mass is 9.85. The average molecular weight is 453 g/mol. The molecule has 3 aromatic rings. The summed E-state index contributed by atoms with van der Waals surface area (Å²) in [5, 5.41) is 0. The molecule has 4 heteroatoms.